The molecule has 1 aliphatic heterocycles. The summed E-state index contributed by atoms with van der Waals surface area (Å²) in [6, 6.07) is 11.9. The van der Waals surface area contributed by atoms with Gasteiger partial charge >= 0.3 is 0 Å². The Morgan fingerprint density at radius 1 is 1.20 bits per heavy atom. The lowest BCUT2D eigenvalue weighted by atomic mass is 10.2. The fourth-order valence-electron chi connectivity index (χ4n) is 3.08. The molecule has 1 unspecified atom stereocenters. The number of furan rings is 1. The molecule has 1 saturated heterocycles. The molecule has 6 heteroatoms. The van der Waals surface area contributed by atoms with Gasteiger partial charge in [-0.1, -0.05) is 12.1 Å². The van der Waals surface area contributed by atoms with Gasteiger partial charge in [-0.15, -0.1) is 0 Å². The first kappa shape index (κ1) is 17.7. The maximum atomic E-state index is 12.2. The molecule has 1 atom stereocenters. The number of nitrogens with one attached hydrogen (secondary N) is 3. The van der Waals surface area contributed by atoms with Crippen molar-refractivity contribution in [1.29, 1.82) is 0 Å². The minimum absolute atomic E-state index is 0.00982. The van der Waals surface area contributed by atoms with Gasteiger partial charge in [0.25, 0.3) is 5.91 Å². The van der Waals surface area contributed by atoms with E-state index >= 15 is 0 Å². The van der Waals surface area contributed by atoms with Gasteiger partial charge in [-0.3, -0.25) is 4.79 Å². The highest BCUT2D eigenvalue weighted by atomic mass is 16.5. The minimum Gasteiger partial charge on any atom is -0.463 e. The third kappa shape index (κ3) is 5.70. The summed E-state index contributed by atoms with van der Waals surface area (Å²) in [5.41, 5.74) is 2.13. The van der Waals surface area contributed by atoms with E-state index < -0.39 is 0 Å². The Morgan fingerprint density at radius 3 is 2.64 bits per heavy atom. The van der Waals surface area contributed by atoms with Crippen molar-refractivity contribution < 1.29 is 23.7 Å². The molecular formula is C19H27N3O3+2. The van der Waals surface area contributed by atoms with Crippen molar-refractivity contribution in [2.24, 2.45) is 0 Å². The summed E-state index contributed by atoms with van der Waals surface area (Å²) in [7, 11) is 1.98. The maximum absolute atomic E-state index is 12.2. The molecule has 3 rings (SSSR count). The van der Waals surface area contributed by atoms with Crippen LogP contribution in [0.5, 0.6) is 0 Å². The Labute approximate surface area is 148 Å². The van der Waals surface area contributed by atoms with E-state index in [1.807, 2.05) is 31.3 Å². The quantitative estimate of drug-likeness (QED) is 0.625. The summed E-state index contributed by atoms with van der Waals surface area (Å²) in [5, 5.41) is 2.97. The van der Waals surface area contributed by atoms with Crippen LogP contribution in [-0.2, 0) is 22.6 Å². The Kier molecular flexibility index (Phi) is 6.22. The predicted molar refractivity (Wildman–Crippen MR) is 94.5 cm³/mol. The molecule has 1 amide bonds. The maximum Gasteiger partial charge on any atom is 0.279 e. The van der Waals surface area contributed by atoms with Crippen molar-refractivity contribution in [1.82, 2.24) is 0 Å². The zero-order valence-corrected chi connectivity index (χ0v) is 14.7. The first-order chi connectivity index (χ1) is 12.2. The van der Waals surface area contributed by atoms with Crippen molar-refractivity contribution in [2.75, 3.05) is 45.2 Å². The van der Waals surface area contributed by atoms with E-state index in [1.165, 1.54) is 5.56 Å². The second-order valence-corrected chi connectivity index (χ2v) is 6.67. The van der Waals surface area contributed by atoms with Crippen LogP contribution in [-0.4, -0.2) is 45.8 Å². The lowest BCUT2D eigenvalue weighted by Gasteiger charge is -2.23. The first-order valence-corrected chi connectivity index (χ1v) is 8.83. The number of quaternary nitrogens is 2. The van der Waals surface area contributed by atoms with E-state index in [4.69, 9.17) is 9.15 Å². The van der Waals surface area contributed by atoms with Gasteiger partial charge in [0.1, 0.15) is 26.2 Å². The zero-order valence-electron chi connectivity index (χ0n) is 14.7. The van der Waals surface area contributed by atoms with Crippen molar-refractivity contribution >= 4 is 11.6 Å². The lowest BCUT2D eigenvalue weighted by Crippen LogP contribution is -3.12. The van der Waals surface area contributed by atoms with E-state index in [0.29, 0.717) is 13.1 Å². The number of amides is 1. The van der Waals surface area contributed by atoms with Gasteiger partial charge in [0.05, 0.1) is 26.5 Å². The van der Waals surface area contributed by atoms with Crippen LogP contribution >= 0.6 is 0 Å². The Balaban J connectivity index is 1.44. The topological polar surface area (TPSA) is 60.3 Å². The molecule has 6 nitrogen and oxygen atoms in total. The highest BCUT2D eigenvalue weighted by Gasteiger charge is 2.15. The fourth-order valence-corrected chi connectivity index (χ4v) is 3.08. The molecule has 3 N–H and O–H groups in total. The average Bonchev–Trinajstić information content (AvgIpc) is 3.10. The standard InChI is InChI=1S/C19H25N3O3/c1-21(14-18-3-2-10-25-18)15-19(23)20-17-6-4-16(5-7-17)13-22-8-11-24-12-9-22/h2-7,10H,8-9,11-15H2,1H3,(H,20,23)/p+2. The molecule has 0 bridgehead atoms. The van der Waals surface area contributed by atoms with Crippen molar-refractivity contribution in [3.63, 3.8) is 0 Å². The molecule has 0 aliphatic carbocycles. The van der Waals surface area contributed by atoms with E-state index in [9.17, 15) is 4.79 Å². The van der Waals surface area contributed by atoms with E-state index in [1.54, 1.807) is 11.2 Å². The fraction of sp³-hybridized carbons (Fsp3) is 0.421. The molecule has 1 aromatic heterocycles. The van der Waals surface area contributed by atoms with Gasteiger partial charge in [-0.2, -0.15) is 0 Å². The normalized spacial score (nSPS) is 16.5. The van der Waals surface area contributed by atoms with Gasteiger partial charge in [0.2, 0.25) is 0 Å². The number of carbonyl (C=O) groups is 1. The smallest absolute Gasteiger partial charge is 0.279 e. The van der Waals surface area contributed by atoms with Gasteiger partial charge < -0.3 is 24.3 Å². The number of ether oxygens (including phenoxy) is 1. The highest BCUT2D eigenvalue weighted by Crippen LogP contribution is 2.08. The van der Waals surface area contributed by atoms with E-state index in [-0.39, 0.29) is 5.91 Å². The molecule has 0 radical (unpaired) electrons. The van der Waals surface area contributed by atoms with Gasteiger partial charge in [0, 0.05) is 11.3 Å². The molecule has 134 valence electrons. The molecule has 0 spiro atoms. The van der Waals surface area contributed by atoms with Crippen molar-refractivity contribution in [3.8, 4) is 0 Å². The third-order valence-corrected chi connectivity index (χ3v) is 4.41. The van der Waals surface area contributed by atoms with Crippen molar-refractivity contribution in [2.45, 2.75) is 13.1 Å². The van der Waals surface area contributed by atoms with Crippen LogP contribution in [0.1, 0.15) is 11.3 Å². The van der Waals surface area contributed by atoms with Crippen LogP contribution < -0.4 is 15.1 Å². The van der Waals surface area contributed by atoms with Crippen LogP contribution in [0.25, 0.3) is 0 Å². The number of carbonyl (C=O) groups excluding carboxylic acids is 1. The van der Waals surface area contributed by atoms with E-state index in [2.05, 4.69) is 17.4 Å². The summed E-state index contributed by atoms with van der Waals surface area (Å²) < 4.78 is 10.7. The number of anilines is 1. The number of benzene rings is 1. The highest BCUT2D eigenvalue weighted by molar-refractivity contribution is 5.91. The van der Waals surface area contributed by atoms with Crippen LogP contribution in [0.15, 0.2) is 47.1 Å². The zero-order chi connectivity index (χ0) is 17.5. The van der Waals surface area contributed by atoms with Gasteiger partial charge in [-0.25, -0.2) is 0 Å². The predicted octanol–water partition coefficient (Wildman–Crippen LogP) is -0.652. The SMILES string of the molecule is C[NH+](CC(=O)Nc1ccc(C[NH+]2CCOCC2)cc1)Cc1ccco1. The van der Waals surface area contributed by atoms with Gasteiger partial charge in [-0.05, 0) is 24.3 Å². The molecule has 25 heavy (non-hydrogen) atoms. The van der Waals surface area contributed by atoms with Crippen LogP contribution in [0, 0.1) is 0 Å². The van der Waals surface area contributed by atoms with Crippen LogP contribution in [0.4, 0.5) is 5.69 Å². The average molecular weight is 345 g/mol. The second kappa shape index (κ2) is 8.80. The summed E-state index contributed by atoms with van der Waals surface area (Å²) in [4.78, 5) is 14.8. The molecule has 2 heterocycles. The molecule has 2 aromatic rings. The van der Waals surface area contributed by atoms with Crippen molar-refractivity contribution in [3.05, 3.63) is 54.0 Å². The lowest BCUT2D eigenvalue weighted by molar-refractivity contribution is -0.921. The Morgan fingerprint density at radius 2 is 1.96 bits per heavy atom. The summed E-state index contributed by atoms with van der Waals surface area (Å²) in [6.45, 7) is 5.91. The molecule has 1 aromatic carbocycles. The second-order valence-electron chi connectivity index (χ2n) is 6.67. The summed E-state index contributed by atoms with van der Waals surface area (Å²) in [5.74, 6) is 0.899. The first-order valence-electron chi connectivity index (χ1n) is 8.83. The molecule has 1 fully saturated rings. The molecule has 0 saturated carbocycles. The van der Waals surface area contributed by atoms with Gasteiger partial charge in [0.15, 0.2) is 12.3 Å². The Bertz CT molecular complexity index is 649. The van der Waals surface area contributed by atoms with E-state index in [0.717, 1.165) is 49.2 Å². The Hall–Kier alpha value is -2.15. The number of likely N-dealkylation sites (N-methyl/N-ethyl adjacent to an activating group) is 1. The number of rotatable bonds is 7. The third-order valence-electron chi connectivity index (χ3n) is 4.41. The summed E-state index contributed by atoms with van der Waals surface area (Å²) in [6.07, 6.45) is 1.66. The van der Waals surface area contributed by atoms with Crippen LogP contribution in [0.3, 0.4) is 0 Å². The molecular weight excluding hydrogens is 318 g/mol. The number of hydrogen-bond acceptors (Lipinski definition) is 3. The number of morpholine rings is 1. The number of hydrogen-bond donors (Lipinski definition) is 3. The van der Waals surface area contributed by atoms with Crippen LogP contribution in [0.2, 0.25) is 0 Å². The molecule has 1 aliphatic rings. The largest absolute Gasteiger partial charge is 0.463 e. The minimum atomic E-state index is 0.00982. The monoisotopic (exact) mass is 345 g/mol. The summed E-state index contributed by atoms with van der Waals surface area (Å²) >= 11 is 0.